The zero-order valence-electron chi connectivity index (χ0n) is 10.3. The molecule has 0 aromatic carbocycles. The minimum atomic E-state index is 0.379. The summed E-state index contributed by atoms with van der Waals surface area (Å²) in [7, 11) is 2.05. The quantitative estimate of drug-likeness (QED) is 0.799. The monoisotopic (exact) mass is 244 g/mol. The topological polar surface area (TPSA) is 24.5 Å². The van der Waals surface area contributed by atoms with Crippen molar-refractivity contribution in [2.75, 3.05) is 57.9 Å². The van der Waals surface area contributed by atoms with Gasteiger partial charge in [-0.05, 0) is 32.2 Å². The molecule has 0 spiro atoms. The summed E-state index contributed by atoms with van der Waals surface area (Å²) in [6, 6.07) is 0. The maximum absolute atomic E-state index is 5.61. The second-order valence-corrected chi connectivity index (χ2v) is 6.30. The molecule has 4 heteroatoms. The van der Waals surface area contributed by atoms with Crippen LogP contribution in [0.5, 0.6) is 0 Å². The summed E-state index contributed by atoms with van der Waals surface area (Å²) < 4.78 is 5.61. The van der Waals surface area contributed by atoms with Crippen LogP contribution in [0.1, 0.15) is 12.8 Å². The molecule has 1 atom stereocenters. The van der Waals surface area contributed by atoms with E-state index in [9.17, 15) is 0 Å². The Morgan fingerprint density at radius 2 is 2.31 bits per heavy atom. The first-order valence-electron chi connectivity index (χ1n) is 6.37. The third-order valence-electron chi connectivity index (χ3n) is 3.61. The molecule has 16 heavy (non-hydrogen) atoms. The molecular weight excluding hydrogens is 220 g/mol. The van der Waals surface area contributed by atoms with Crippen LogP contribution in [-0.4, -0.2) is 62.8 Å². The summed E-state index contributed by atoms with van der Waals surface area (Å²) in [5.41, 5.74) is 0.379. The van der Waals surface area contributed by atoms with Crippen molar-refractivity contribution in [1.29, 1.82) is 0 Å². The van der Waals surface area contributed by atoms with Gasteiger partial charge in [0.2, 0.25) is 0 Å². The van der Waals surface area contributed by atoms with Gasteiger partial charge in [-0.3, -0.25) is 0 Å². The number of nitrogens with zero attached hydrogens (tertiary/aromatic N) is 1. The Morgan fingerprint density at radius 3 is 3.06 bits per heavy atom. The normalized spacial score (nSPS) is 32.8. The van der Waals surface area contributed by atoms with Crippen LogP contribution in [0.4, 0.5) is 0 Å². The van der Waals surface area contributed by atoms with Crippen molar-refractivity contribution in [3.05, 3.63) is 0 Å². The van der Waals surface area contributed by atoms with Crippen LogP contribution in [0.3, 0.4) is 0 Å². The Labute approximate surface area is 103 Å². The predicted molar refractivity (Wildman–Crippen MR) is 70.2 cm³/mol. The molecule has 1 unspecified atom stereocenters. The van der Waals surface area contributed by atoms with E-state index in [2.05, 4.69) is 29.0 Å². The number of rotatable bonds is 4. The highest BCUT2D eigenvalue weighted by molar-refractivity contribution is 7.99. The smallest absolute Gasteiger partial charge is 0.0547 e. The molecule has 1 N–H and O–H groups in total. The van der Waals surface area contributed by atoms with E-state index < -0.39 is 0 Å². The lowest BCUT2D eigenvalue weighted by Gasteiger charge is -2.33. The van der Waals surface area contributed by atoms with Crippen LogP contribution < -0.4 is 5.32 Å². The summed E-state index contributed by atoms with van der Waals surface area (Å²) in [6.45, 7) is 6.74. The SMILES string of the molecule is CNCC1(CN2CCCSCC2)CCOC1. The number of hydrogen-bond acceptors (Lipinski definition) is 4. The third-order valence-corrected chi connectivity index (χ3v) is 4.66. The minimum Gasteiger partial charge on any atom is -0.381 e. The molecule has 0 aromatic heterocycles. The van der Waals surface area contributed by atoms with Gasteiger partial charge >= 0.3 is 0 Å². The van der Waals surface area contributed by atoms with E-state index in [0.29, 0.717) is 5.41 Å². The van der Waals surface area contributed by atoms with Gasteiger partial charge < -0.3 is 15.0 Å². The number of hydrogen-bond donors (Lipinski definition) is 1. The Balaban J connectivity index is 1.88. The average Bonchev–Trinajstić information content (AvgIpc) is 2.57. The summed E-state index contributed by atoms with van der Waals surface area (Å²) in [6.07, 6.45) is 2.57. The van der Waals surface area contributed by atoms with Gasteiger partial charge in [-0.1, -0.05) is 0 Å². The van der Waals surface area contributed by atoms with Gasteiger partial charge in [0.1, 0.15) is 0 Å². The van der Waals surface area contributed by atoms with Gasteiger partial charge in [0.25, 0.3) is 0 Å². The molecule has 2 saturated heterocycles. The van der Waals surface area contributed by atoms with E-state index >= 15 is 0 Å². The van der Waals surface area contributed by atoms with Gasteiger partial charge in [-0.25, -0.2) is 0 Å². The summed E-state index contributed by atoms with van der Waals surface area (Å²) in [5.74, 6) is 2.64. The summed E-state index contributed by atoms with van der Waals surface area (Å²) >= 11 is 2.10. The van der Waals surface area contributed by atoms with Crippen molar-refractivity contribution in [3.8, 4) is 0 Å². The van der Waals surface area contributed by atoms with Crippen LogP contribution in [0.2, 0.25) is 0 Å². The predicted octanol–water partition coefficient (Wildman–Crippen LogP) is 1.05. The van der Waals surface area contributed by atoms with Gasteiger partial charge in [0.05, 0.1) is 6.61 Å². The zero-order chi connectivity index (χ0) is 11.3. The fourth-order valence-corrected chi connectivity index (χ4v) is 3.70. The lowest BCUT2D eigenvalue weighted by atomic mass is 9.86. The first-order chi connectivity index (χ1) is 7.85. The molecular formula is C12H24N2OS. The Hall–Kier alpha value is 0.230. The highest BCUT2D eigenvalue weighted by Gasteiger charge is 2.36. The number of thioether (sulfide) groups is 1. The molecule has 0 saturated carbocycles. The molecule has 94 valence electrons. The largest absolute Gasteiger partial charge is 0.381 e. The summed E-state index contributed by atoms with van der Waals surface area (Å²) in [5, 5.41) is 3.34. The first-order valence-corrected chi connectivity index (χ1v) is 7.53. The van der Waals surface area contributed by atoms with E-state index in [0.717, 1.165) is 19.8 Å². The molecule has 2 heterocycles. The highest BCUT2D eigenvalue weighted by Crippen LogP contribution is 2.29. The van der Waals surface area contributed by atoms with Crippen LogP contribution in [0.25, 0.3) is 0 Å². The fourth-order valence-electron chi connectivity index (χ4n) is 2.77. The van der Waals surface area contributed by atoms with Crippen LogP contribution in [0, 0.1) is 5.41 Å². The molecule has 2 rings (SSSR count). The highest BCUT2D eigenvalue weighted by atomic mass is 32.2. The van der Waals surface area contributed by atoms with Crippen molar-refractivity contribution in [2.24, 2.45) is 5.41 Å². The molecule has 2 aliphatic heterocycles. The maximum Gasteiger partial charge on any atom is 0.0547 e. The lowest BCUT2D eigenvalue weighted by molar-refractivity contribution is 0.113. The lowest BCUT2D eigenvalue weighted by Crippen LogP contribution is -2.44. The van der Waals surface area contributed by atoms with E-state index in [1.807, 2.05) is 0 Å². The van der Waals surface area contributed by atoms with Gasteiger partial charge in [0.15, 0.2) is 0 Å². The third kappa shape index (κ3) is 3.36. The molecule has 0 aliphatic carbocycles. The second kappa shape index (κ2) is 6.24. The zero-order valence-corrected chi connectivity index (χ0v) is 11.2. The van der Waals surface area contributed by atoms with Crippen molar-refractivity contribution in [3.63, 3.8) is 0 Å². The average molecular weight is 244 g/mol. The standard InChI is InChI=1S/C12H24N2OS/c1-13-9-12(3-6-15-11-12)10-14-4-2-7-16-8-5-14/h13H,2-11H2,1H3. The van der Waals surface area contributed by atoms with E-state index in [1.54, 1.807) is 0 Å². The number of ether oxygens (including phenoxy) is 1. The van der Waals surface area contributed by atoms with Crippen molar-refractivity contribution >= 4 is 11.8 Å². The Kier molecular flexibility index (Phi) is 4.95. The molecule has 0 radical (unpaired) electrons. The molecule has 0 amide bonds. The minimum absolute atomic E-state index is 0.379. The van der Waals surface area contributed by atoms with Gasteiger partial charge in [-0.15, -0.1) is 0 Å². The molecule has 2 fully saturated rings. The molecule has 3 nitrogen and oxygen atoms in total. The van der Waals surface area contributed by atoms with Crippen molar-refractivity contribution < 1.29 is 4.74 Å². The maximum atomic E-state index is 5.61. The summed E-state index contributed by atoms with van der Waals surface area (Å²) in [4.78, 5) is 2.64. The fraction of sp³-hybridized carbons (Fsp3) is 1.00. The van der Waals surface area contributed by atoms with Crippen LogP contribution >= 0.6 is 11.8 Å². The van der Waals surface area contributed by atoms with Crippen molar-refractivity contribution in [1.82, 2.24) is 10.2 Å². The van der Waals surface area contributed by atoms with Crippen LogP contribution in [0.15, 0.2) is 0 Å². The van der Waals surface area contributed by atoms with Crippen LogP contribution in [-0.2, 0) is 4.74 Å². The first kappa shape index (κ1) is 12.7. The van der Waals surface area contributed by atoms with Gasteiger partial charge in [0, 0.05) is 37.4 Å². The van der Waals surface area contributed by atoms with E-state index in [1.165, 1.54) is 44.0 Å². The Morgan fingerprint density at radius 1 is 1.38 bits per heavy atom. The van der Waals surface area contributed by atoms with E-state index in [4.69, 9.17) is 4.74 Å². The molecule has 0 bridgehead atoms. The van der Waals surface area contributed by atoms with Gasteiger partial charge in [-0.2, -0.15) is 11.8 Å². The second-order valence-electron chi connectivity index (χ2n) is 5.07. The number of nitrogens with one attached hydrogen (secondary N) is 1. The van der Waals surface area contributed by atoms with Crippen molar-refractivity contribution in [2.45, 2.75) is 12.8 Å². The van der Waals surface area contributed by atoms with E-state index in [-0.39, 0.29) is 0 Å². The molecule has 2 aliphatic rings. The Bertz CT molecular complexity index is 199. The molecule has 0 aromatic rings.